The molecule has 1 aliphatic heterocycles. The topological polar surface area (TPSA) is 73.7 Å². The molecule has 5 rings (SSSR count). The summed E-state index contributed by atoms with van der Waals surface area (Å²) in [5.41, 5.74) is 1.19. The Morgan fingerprint density at radius 2 is 1.76 bits per heavy atom. The molecule has 8 heteroatoms. The fourth-order valence-electron chi connectivity index (χ4n) is 4.47. The molecular weight excluding hydrogens is 473 g/mol. The van der Waals surface area contributed by atoms with E-state index in [1.165, 1.54) is 16.7 Å². The minimum atomic E-state index is -0.570. The number of benzene rings is 3. The number of halogens is 1. The maximum Gasteiger partial charge on any atom is 0.266 e. The van der Waals surface area contributed by atoms with E-state index >= 15 is 0 Å². The van der Waals surface area contributed by atoms with Crippen molar-refractivity contribution < 1.29 is 18.7 Å². The summed E-state index contributed by atoms with van der Waals surface area (Å²) in [6.07, 6.45) is 0.759. The lowest BCUT2D eigenvalue weighted by molar-refractivity contribution is 0.0671. The van der Waals surface area contributed by atoms with Crippen molar-refractivity contribution in [1.82, 2.24) is 14.5 Å². The van der Waals surface area contributed by atoms with Crippen molar-refractivity contribution in [1.29, 1.82) is 0 Å². The van der Waals surface area contributed by atoms with Gasteiger partial charge in [-0.2, -0.15) is 0 Å². The number of hydrogen-bond donors (Lipinski definition) is 0. The third kappa shape index (κ3) is 4.79. The summed E-state index contributed by atoms with van der Waals surface area (Å²) >= 11 is 0. The Bertz CT molecular complexity index is 1510. The second-order valence-electron chi connectivity index (χ2n) is 9.53. The smallest absolute Gasteiger partial charge is 0.266 e. The van der Waals surface area contributed by atoms with Gasteiger partial charge in [-0.1, -0.05) is 26.0 Å². The van der Waals surface area contributed by atoms with Crippen LogP contribution in [0.3, 0.4) is 0 Å². The second kappa shape index (κ2) is 10.0. The van der Waals surface area contributed by atoms with Gasteiger partial charge in [-0.3, -0.25) is 14.2 Å². The Kier molecular flexibility index (Phi) is 6.65. The van der Waals surface area contributed by atoms with Crippen LogP contribution in [0.2, 0.25) is 0 Å². The van der Waals surface area contributed by atoms with E-state index in [2.05, 4.69) is 13.8 Å². The van der Waals surface area contributed by atoms with Gasteiger partial charge in [0.1, 0.15) is 11.6 Å². The predicted molar refractivity (Wildman–Crippen MR) is 139 cm³/mol. The van der Waals surface area contributed by atoms with Crippen molar-refractivity contribution >= 4 is 16.8 Å². The van der Waals surface area contributed by atoms with Crippen molar-refractivity contribution in [2.24, 2.45) is 5.92 Å². The Morgan fingerprint density at radius 3 is 2.51 bits per heavy atom. The first-order valence-corrected chi connectivity index (χ1v) is 12.3. The van der Waals surface area contributed by atoms with Crippen LogP contribution in [0.4, 0.5) is 4.39 Å². The molecule has 0 fully saturated rings. The van der Waals surface area contributed by atoms with Crippen molar-refractivity contribution in [3.63, 3.8) is 0 Å². The maximum absolute atomic E-state index is 13.9. The lowest BCUT2D eigenvalue weighted by Gasteiger charge is -2.31. The highest BCUT2D eigenvalue weighted by Crippen LogP contribution is 2.34. The van der Waals surface area contributed by atoms with Gasteiger partial charge in [0, 0.05) is 12.1 Å². The molecule has 0 saturated carbocycles. The first kappa shape index (κ1) is 24.5. The van der Waals surface area contributed by atoms with Gasteiger partial charge in [-0.05, 0) is 73.9 Å². The molecule has 0 aliphatic carbocycles. The van der Waals surface area contributed by atoms with Crippen molar-refractivity contribution in [2.75, 3.05) is 13.3 Å². The number of carbonyl (C=O) groups is 1. The Balaban J connectivity index is 1.64. The molecule has 7 nitrogen and oxygen atoms in total. The van der Waals surface area contributed by atoms with E-state index in [0.717, 1.165) is 6.42 Å². The van der Waals surface area contributed by atoms with Crippen molar-refractivity contribution in [3.05, 3.63) is 94.3 Å². The Labute approximate surface area is 214 Å². The highest BCUT2D eigenvalue weighted by atomic mass is 19.1. The summed E-state index contributed by atoms with van der Waals surface area (Å²) in [6, 6.07) is 17.3. The molecule has 0 spiro atoms. The Hall–Kier alpha value is -4.20. The molecule has 0 radical (unpaired) electrons. The summed E-state index contributed by atoms with van der Waals surface area (Å²) in [7, 11) is 0. The van der Waals surface area contributed by atoms with E-state index in [4.69, 9.17) is 14.5 Å². The molecule has 37 heavy (non-hydrogen) atoms. The third-order valence-corrected chi connectivity index (χ3v) is 6.56. The molecule has 3 aromatic carbocycles. The maximum atomic E-state index is 13.9. The number of ether oxygens (including phenoxy) is 2. The first-order chi connectivity index (χ1) is 17.8. The Morgan fingerprint density at radius 1 is 1.03 bits per heavy atom. The molecule has 4 aromatic rings. The van der Waals surface area contributed by atoms with Crippen LogP contribution in [0.5, 0.6) is 11.5 Å². The summed E-state index contributed by atoms with van der Waals surface area (Å²) < 4.78 is 26.1. The van der Waals surface area contributed by atoms with E-state index in [1.807, 2.05) is 13.0 Å². The van der Waals surface area contributed by atoms with Gasteiger partial charge in [0.05, 0.1) is 22.6 Å². The van der Waals surface area contributed by atoms with Crippen LogP contribution in [0.1, 0.15) is 49.4 Å². The van der Waals surface area contributed by atoms with Crippen LogP contribution >= 0.6 is 0 Å². The van der Waals surface area contributed by atoms with Crippen molar-refractivity contribution in [3.8, 4) is 17.2 Å². The molecule has 0 saturated heterocycles. The zero-order valence-corrected chi connectivity index (χ0v) is 21.0. The highest BCUT2D eigenvalue weighted by Gasteiger charge is 2.29. The lowest BCUT2D eigenvalue weighted by atomic mass is 10.1. The van der Waals surface area contributed by atoms with E-state index < -0.39 is 11.9 Å². The van der Waals surface area contributed by atoms with Gasteiger partial charge in [0.25, 0.3) is 11.5 Å². The number of para-hydroxylation sites is 1. The average Bonchev–Trinajstić information content (AvgIpc) is 3.37. The number of rotatable bonds is 7. The molecule has 0 bridgehead atoms. The van der Waals surface area contributed by atoms with Gasteiger partial charge in [0.15, 0.2) is 11.5 Å². The summed E-state index contributed by atoms with van der Waals surface area (Å²) in [6.45, 7) is 6.62. The number of fused-ring (bicyclic) bond motifs is 2. The molecule has 1 atom stereocenters. The van der Waals surface area contributed by atoms with Crippen LogP contribution in [-0.4, -0.2) is 33.7 Å². The SMILES string of the molecule is CC(C)CCN(C(=O)c1ccc2c(c1)OCO2)C(C)c1nc2ccccc2c(=O)n1-c1ccc(F)cc1. The first-order valence-electron chi connectivity index (χ1n) is 12.3. The average molecular weight is 502 g/mol. The van der Waals surface area contributed by atoms with Gasteiger partial charge in [-0.25, -0.2) is 9.37 Å². The monoisotopic (exact) mass is 501 g/mol. The number of carbonyl (C=O) groups excluding carboxylic acids is 1. The summed E-state index contributed by atoms with van der Waals surface area (Å²) in [4.78, 5) is 34.1. The predicted octanol–water partition coefficient (Wildman–Crippen LogP) is 5.50. The van der Waals surface area contributed by atoms with Crippen LogP contribution in [-0.2, 0) is 0 Å². The van der Waals surface area contributed by atoms with Gasteiger partial charge < -0.3 is 14.4 Å². The van der Waals surface area contributed by atoms with Crippen molar-refractivity contribution in [2.45, 2.75) is 33.2 Å². The number of hydrogen-bond acceptors (Lipinski definition) is 5. The van der Waals surface area contributed by atoms with E-state index in [0.29, 0.717) is 51.9 Å². The molecule has 1 aliphatic rings. The molecule has 190 valence electrons. The fourth-order valence-corrected chi connectivity index (χ4v) is 4.47. The summed E-state index contributed by atoms with van der Waals surface area (Å²) in [5, 5.41) is 0.443. The normalized spacial score (nSPS) is 13.2. The minimum absolute atomic E-state index is 0.116. The molecule has 0 N–H and O–H groups in total. The van der Waals surface area contributed by atoms with Gasteiger partial charge >= 0.3 is 0 Å². The highest BCUT2D eigenvalue weighted by molar-refractivity contribution is 5.95. The van der Waals surface area contributed by atoms with E-state index in [-0.39, 0.29) is 18.3 Å². The van der Waals surface area contributed by atoms with Gasteiger partial charge in [0.2, 0.25) is 6.79 Å². The van der Waals surface area contributed by atoms with E-state index in [1.54, 1.807) is 53.4 Å². The van der Waals surface area contributed by atoms with Gasteiger partial charge in [-0.15, -0.1) is 0 Å². The van der Waals surface area contributed by atoms with Crippen LogP contribution in [0, 0.1) is 11.7 Å². The fraction of sp³-hybridized carbons (Fsp3) is 0.276. The second-order valence-corrected chi connectivity index (χ2v) is 9.53. The molecule has 1 aromatic heterocycles. The number of nitrogens with zero attached hydrogens (tertiary/aromatic N) is 3. The zero-order valence-electron chi connectivity index (χ0n) is 21.0. The van der Waals surface area contributed by atoms with E-state index in [9.17, 15) is 14.0 Å². The quantitative estimate of drug-likeness (QED) is 0.334. The zero-order chi connectivity index (χ0) is 26.1. The van der Waals surface area contributed by atoms with Crippen LogP contribution in [0.25, 0.3) is 16.6 Å². The molecular formula is C29H28FN3O4. The number of amides is 1. The third-order valence-electron chi connectivity index (χ3n) is 6.56. The molecule has 1 amide bonds. The minimum Gasteiger partial charge on any atom is -0.454 e. The summed E-state index contributed by atoms with van der Waals surface area (Å²) in [5.74, 6) is 1.25. The largest absolute Gasteiger partial charge is 0.454 e. The van der Waals surface area contributed by atoms with Crippen LogP contribution < -0.4 is 15.0 Å². The molecule has 1 unspecified atom stereocenters. The van der Waals surface area contributed by atoms with Crippen LogP contribution in [0.15, 0.2) is 71.5 Å². The number of aromatic nitrogens is 2. The lowest BCUT2D eigenvalue weighted by Crippen LogP contribution is -2.38. The molecule has 2 heterocycles. The standard InChI is InChI=1S/C29H28FN3O4/c1-18(2)14-15-32(28(34)20-8-13-25-26(16-20)37-17-36-25)19(3)27-31-24-7-5-4-6-23(24)29(35)33(27)22-11-9-21(30)10-12-22/h4-13,16,18-19H,14-15,17H2,1-3H3.